The number of amides is 1. The summed E-state index contributed by atoms with van der Waals surface area (Å²) in [5.41, 5.74) is 2.05. The van der Waals surface area contributed by atoms with E-state index in [1.54, 1.807) is 36.4 Å². The van der Waals surface area contributed by atoms with Crippen molar-refractivity contribution in [3.05, 3.63) is 83.9 Å². The Kier molecular flexibility index (Phi) is 4.20. The molecule has 1 fully saturated rings. The Morgan fingerprint density at radius 1 is 0.926 bits per heavy atom. The average molecular weight is 358 g/mol. The van der Waals surface area contributed by atoms with Crippen LogP contribution in [0.2, 0.25) is 0 Å². The first-order valence-electron chi connectivity index (χ1n) is 8.76. The van der Waals surface area contributed by atoms with Crippen molar-refractivity contribution < 1.29 is 14.7 Å². The number of hydrogen-bond donors (Lipinski definition) is 2. The van der Waals surface area contributed by atoms with Gasteiger partial charge in [0.25, 0.3) is 0 Å². The molecule has 4 rings (SSSR count). The zero-order valence-corrected chi connectivity index (χ0v) is 14.6. The molecule has 0 saturated heterocycles. The number of carbonyl (C=O) groups excluding carboxylic acids is 1. The lowest BCUT2D eigenvalue weighted by Gasteiger charge is -2.15. The number of carboxylic acid groups (broad SMARTS) is 1. The van der Waals surface area contributed by atoms with Crippen molar-refractivity contribution >= 4 is 17.7 Å². The van der Waals surface area contributed by atoms with E-state index in [0.717, 1.165) is 18.4 Å². The molecule has 1 aliphatic rings. The summed E-state index contributed by atoms with van der Waals surface area (Å²) in [6, 6.07) is 21.7. The topological polar surface area (TPSA) is 79.3 Å². The first-order valence-corrected chi connectivity index (χ1v) is 8.76. The van der Waals surface area contributed by atoms with Gasteiger partial charge >= 0.3 is 5.97 Å². The maximum absolute atomic E-state index is 12.9. The predicted molar refractivity (Wildman–Crippen MR) is 103 cm³/mol. The average Bonchev–Trinajstić information content (AvgIpc) is 3.51. The molecule has 1 amide bonds. The Bertz CT molecular complexity index is 1010. The maximum Gasteiger partial charge on any atom is 0.335 e. The normalized spacial score (nSPS) is 14.4. The molecule has 134 valence electrons. The fourth-order valence-corrected chi connectivity index (χ4v) is 3.24. The maximum atomic E-state index is 12.9. The molecule has 2 aromatic carbocycles. The van der Waals surface area contributed by atoms with Gasteiger partial charge in [0.2, 0.25) is 5.91 Å². The molecule has 3 aromatic rings. The number of anilines is 1. The molecule has 1 heterocycles. The number of nitrogens with one attached hydrogen (secondary N) is 1. The van der Waals surface area contributed by atoms with Crippen LogP contribution < -0.4 is 5.32 Å². The molecule has 5 nitrogen and oxygen atoms in total. The lowest BCUT2D eigenvalue weighted by atomic mass is 9.95. The van der Waals surface area contributed by atoms with E-state index in [-0.39, 0.29) is 11.5 Å². The zero-order chi connectivity index (χ0) is 18.9. The van der Waals surface area contributed by atoms with Crippen LogP contribution in [0.3, 0.4) is 0 Å². The van der Waals surface area contributed by atoms with Crippen LogP contribution >= 0.6 is 0 Å². The molecule has 5 heteroatoms. The number of benzene rings is 2. The first kappa shape index (κ1) is 17.0. The molecule has 1 aromatic heterocycles. The van der Waals surface area contributed by atoms with Gasteiger partial charge in [-0.15, -0.1) is 0 Å². The van der Waals surface area contributed by atoms with E-state index in [2.05, 4.69) is 10.3 Å². The van der Waals surface area contributed by atoms with Crippen LogP contribution in [0.4, 0.5) is 5.82 Å². The summed E-state index contributed by atoms with van der Waals surface area (Å²) in [7, 11) is 0. The van der Waals surface area contributed by atoms with Gasteiger partial charge in [-0.05, 0) is 42.7 Å². The summed E-state index contributed by atoms with van der Waals surface area (Å²) < 4.78 is 0. The Labute approximate surface area is 156 Å². The summed E-state index contributed by atoms with van der Waals surface area (Å²) in [6.45, 7) is 0. The summed E-state index contributed by atoms with van der Waals surface area (Å²) >= 11 is 0. The van der Waals surface area contributed by atoms with Crippen LogP contribution in [0.1, 0.15) is 28.8 Å². The number of rotatable bonds is 5. The van der Waals surface area contributed by atoms with Crippen LogP contribution in [0.25, 0.3) is 11.3 Å². The molecule has 1 saturated carbocycles. The molecular weight excluding hydrogens is 340 g/mol. The van der Waals surface area contributed by atoms with Gasteiger partial charge < -0.3 is 10.4 Å². The largest absolute Gasteiger partial charge is 0.478 e. The SMILES string of the molecule is O=C(O)c1cccc(-c2cccc(NC(=O)C3(c4ccccc4)CC3)n2)c1. The predicted octanol–water partition coefficient (Wildman–Crippen LogP) is 4.12. The van der Waals surface area contributed by atoms with Crippen molar-refractivity contribution in [1.82, 2.24) is 4.98 Å². The third kappa shape index (κ3) is 3.31. The highest BCUT2D eigenvalue weighted by molar-refractivity contribution is 6.01. The van der Waals surface area contributed by atoms with Crippen LogP contribution in [-0.4, -0.2) is 22.0 Å². The van der Waals surface area contributed by atoms with Crippen LogP contribution in [-0.2, 0) is 10.2 Å². The van der Waals surface area contributed by atoms with Crippen molar-refractivity contribution in [3.63, 3.8) is 0 Å². The van der Waals surface area contributed by atoms with Crippen LogP contribution in [0, 0.1) is 0 Å². The van der Waals surface area contributed by atoms with E-state index in [1.165, 1.54) is 6.07 Å². The Morgan fingerprint density at radius 3 is 2.37 bits per heavy atom. The third-order valence-corrected chi connectivity index (χ3v) is 4.91. The summed E-state index contributed by atoms with van der Waals surface area (Å²) in [4.78, 5) is 28.5. The van der Waals surface area contributed by atoms with E-state index in [1.807, 2.05) is 30.3 Å². The van der Waals surface area contributed by atoms with Gasteiger partial charge in [0.15, 0.2) is 0 Å². The quantitative estimate of drug-likeness (QED) is 0.719. The van der Waals surface area contributed by atoms with Gasteiger partial charge in [-0.2, -0.15) is 0 Å². The zero-order valence-electron chi connectivity index (χ0n) is 14.6. The van der Waals surface area contributed by atoms with Gasteiger partial charge in [0.05, 0.1) is 16.7 Å². The fourth-order valence-electron chi connectivity index (χ4n) is 3.24. The molecule has 0 aliphatic heterocycles. The first-order chi connectivity index (χ1) is 13.1. The molecular formula is C22H18N2O3. The standard InChI is InChI=1S/C22H18N2O3/c25-20(26)16-7-4-6-15(14-16)18-10-5-11-19(23-18)24-21(27)22(12-13-22)17-8-2-1-3-9-17/h1-11,14H,12-13H2,(H,25,26)(H,23,24,27). The third-order valence-electron chi connectivity index (χ3n) is 4.91. The molecule has 0 unspecified atom stereocenters. The minimum atomic E-state index is -0.986. The Morgan fingerprint density at radius 2 is 1.67 bits per heavy atom. The number of hydrogen-bond acceptors (Lipinski definition) is 3. The molecule has 0 bridgehead atoms. The van der Waals surface area contributed by atoms with Gasteiger partial charge in [-0.1, -0.05) is 48.5 Å². The lowest BCUT2D eigenvalue weighted by molar-refractivity contribution is -0.118. The van der Waals surface area contributed by atoms with Crippen molar-refractivity contribution in [2.45, 2.75) is 18.3 Å². The molecule has 0 spiro atoms. The van der Waals surface area contributed by atoms with Crippen molar-refractivity contribution in [1.29, 1.82) is 0 Å². The van der Waals surface area contributed by atoms with Crippen molar-refractivity contribution in [2.24, 2.45) is 0 Å². The van der Waals surface area contributed by atoms with Crippen molar-refractivity contribution in [2.75, 3.05) is 5.32 Å². The van der Waals surface area contributed by atoms with Crippen LogP contribution in [0.5, 0.6) is 0 Å². The second kappa shape index (κ2) is 6.68. The Hall–Kier alpha value is -3.47. The van der Waals surface area contributed by atoms with Gasteiger partial charge in [-0.25, -0.2) is 9.78 Å². The fraction of sp³-hybridized carbons (Fsp3) is 0.136. The van der Waals surface area contributed by atoms with Crippen molar-refractivity contribution in [3.8, 4) is 11.3 Å². The van der Waals surface area contributed by atoms with E-state index in [9.17, 15) is 9.59 Å². The summed E-state index contributed by atoms with van der Waals surface area (Å²) in [6.07, 6.45) is 1.65. The van der Waals surface area contributed by atoms with Crippen LogP contribution in [0.15, 0.2) is 72.8 Å². The number of nitrogens with zero attached hydrogens (tertiary/aromatic N) is 1. The van der Waals surface area contributed by atoms with E-state index in [0.29, 0.717) is 17.1 Å². The lowest BCUT2D eigenvalue weighted by Crippen LogP contribution is -2.28. The number of pyridine rings is 1. The number of carboxylic acids is 1. The highest BCUT2D eigenvalue weighted by Crippen LogP contribution is 2.48. The Balaban J connectivity index is 1.58. The second-order valence-corrected chi connectivity index (χ2v) is 6.70. The minimum Gasteiger partial charge on any atom is -0.478 e. The second-order valence-electron chi connectivity index (χ2n) is 6.70. The number of aromatic carboxylic acids is 1. The smallest absolute Gasteiger partial charge is 0.335 e. The monoisotopic (exact) mass is 358 g/mol. The molecule has 0 atom stereocenters. The van der Waals surface area contributed by atoms with Gasteiger partial charge in [0, 0.05) is 5.56 Å². The van der Waals surface area contributed by atoms with E-state index >= 15 is 0 Å². The van der Waals surface area contributed by atoms with E-state index < -0.39 is 11.4 Å². The summed E-state index contributed by atoms with van der Waals surface area (Å²) in [5, 5.41) is 12.1. The summed E-state index contributed by atoms with van der Waals surface area (Å²) in [5.74, 6) is -0.585. The molecule has 2 N–H and O–H groups in total. The molecule has 0 radical (unpaired) electrons. The number of aromatic nitrogens is 1. The van der Waals surface area contributed by atoms with Gasteiger partial charge in [-0.3, -0.25) is 4.79 Å². The number of carbonyl (C=O) groups is 2. The molecule has 27 heavy (non-hydrogen) atoms. The van der Waals surface area contributed by atoms with Gasteiger partial charge in [0.1, 0.15) is 5.82 Å². The molecule has 1 aliphatic carbocycles. The minimum absolute atomic E-state index is 0.0577. The highest BCUT2D eigenvalue weighted by atomic mass is 16.4. The van der Waals surface area contributed by atoms with E-state index in [4.69, 9.17) is 5.11 Å². The highest BCUT2D eigenvalue weighted by Gasteiger charge is 2.51.